The highest BCUT2D eigenvalue weighted by molar-refractivity contribution is 7.91. The quantitative estimate of drug-likeness (QED) is 0.802. The predicted molar refractivity (Wildman–Crippen MR) is 94.7 cm³/mol. The fourth-order valence-corrected chi connectivity index (χ4v) is 5.82. The number of piperazine rings is 1. The summed E-state index contributed by atoms with van der Waals surface area (Å²) in [6.45, 7) is 8.46. The number of anilines is 1. The van der Waals surface area contributed by atoms with Crippen LogP contribution in [-0.2, 0) is 16.4 Å². The Balaban J connectivity index is 1.71. The van der Waals surface area contributed by atoms with Crippen molar-refractivity contribution in [2.45, 2.75) is 38.9 Å². The van der Waals surface area contributed by atoms with Crippen LogP contribution in [0.1, 0.15) is 25.8 Å². The van der Waals surface area contributed by atoms with Gasteiger partial charge in [0.1, 0.15) is 0 Å². The fraction of sp³-hybridized carbons (Fsp3) is 0.750. The lowest BCUT2D eigenvalue weighted by Gasteiger charge is -2.43. The molecule has 2 unspecified atom stereocenters. The molecule has 0 amide bonds. The maximum atomic E-state index is 12.2. The number of sulfone groups is 1. The molecule has 7 nitrogen and oxygen atoms in total. The van der Waals surface area contributed by atoms with Gasteiger partial charge in [0, 0.05) is 56.2 Å². The second-order valence-corrected chi connectivity index (χ2v) is 8.82. The number of hydrogen-bond donors (Lipinski definition) is 1. The first kappa shape index (κ1) is 17.6. The Morgan fingerprint density at radius 1 is 1.12 bits per heavy atom. The average Bonchev–Trinajstić information content (AvgIpc) is 2.88. The third-order valence-electron chi connectivity index (χ3n) is 4.84. The molecule has 0 saturated carbocycles. The molecule has 1 aromatic heterocycles. The number of aromatic nitrogens is 2. The van der Waals surface area contributed by atoms with Crippen LogP contribution in [0.25, 0.3) is 0 Å². The van der Waals surface area contributed by atoms with Crippen molar-refractivity contribution in [1.29, 1.82) is 0 Å². The number of nitrogens with zero attached hydrogens (tertiary/aromatic N) is 4. The van der Waals surface area contributed by atoms with E-state index in [0.29, 0.717) is 18.2 Å². The average molecular weight is 353 g/mol. The molecule has 1 aromatic rings. The van der Waals surface area contributed by atoms with Gasteiger partial charge in [-0.25, -0.2) is 18.4 Å². The van der Waals surface area contributed by atoms with Crippen LogP contribution in [0.15, 0.2) is 12.4 Å². The zero-order valence-corrected chi connectivity index (χ0v) is 15.3. The molecule has 2 aliphatic heterocycles. The van der Waals surface area contributed by atoms with Crippen LogP contribution in [0.2, 0.25) is 0 Å². The van der Waals surface area contributed by atoms with Crippen LogP contribution < -0.4 is 5.32 Å². The van der Waals surface area contributed by atoms with E-state index >= 15 is 0 Å². The Hall–Kier alpha value is -1.25. The summed E-state index contributed by atoms with van der Waals surface area (Å²) < 4.78 is 24.4. The van der Waals surface area contributed by atoms with Crippen molar-refractivity contribution >= 4 is 15.8 Å². The highest BCUT2D eigenvalue weighted by Crippen LogP contribution is 2.28. The summed E-state index contributed by atoms with van der Waals surface area (Å²) in [5.74, 6) is 1.20. The molecule has 24 heavy (non-hydrogen) atoms. The molecule has 3 rings (SSSR count). The summed E-state index contributed by atoms with van der Waals surface area (Å²) in [4.78, 5) is 13.3. The molecule has 1 N–H and O–H groups in total. The van der Waals surface area contributed by atoms with Gasteiger partial charge in [0.15, 0.2) is 9.84 Å². The smallest absolute Gasteiger partial charge is 0.222 e. The number of hydrogen-bond acceptors (Lipinski definition) is 7. The summed E-state index contributed by atoms with van der Waals surface area (Å²) in [5.41, 5.74) is 1.03. The van der Waals surface area contributed by atoms with Gasteiger partial charge in [-0.3, -0.25) is 9.80 Å². The normalized spacial score (nSPS) is 27.1. The first-order valence-electron chi connectivity index (χ1n) is 8.75. The van der Waals surface area contributed by atoms with E-state index in [0.717, 1.165) is 38.2 Å². The molecule has 0 radical (unpaired) electrons. The monoisotopic (exact) mass is 353 g/mol. The lowest BCUT2D eigenvalue weighted by atomic mass is 10.0. The van der Waals surface area contributed by atoms with Crippen LogP contribution in [0.4, 0.5) is 5.95 Å². The van der Waals surface area contributed by atoms with E-state index in [2.05, 4.69) is 32.0 Å². The van der Waals surface area contributed by atoms with Crippen molar-refractivity contribution in [3.8, 4) is 0 Å². The summed E-state index contributed by atoms with van der Waals surface area (Å²) in [6.07, 6.45) is 4.73. The van der Waals surface area contributed by atoms with Gasteiger partial charge in [0.05, 0.1) is 11.5 Å². The number of fused-ring (bicyclic) bond motifs is 1. The Morgan fingerprint density at radius 3 is 2.38 bits per heavy atom. The van der Waals surface area contributed by atoms with Crippen LogP contribution in [0.3, 0.4) is 0 Å². The van der Waals surface area contributed by atoms with Crippen molar-refractivity contribution in [2.24, 2.45) is 0 Å². The first-order valence-corrected chi connectivity index (χ1v) is 10.6. The standard InChI is InChI=1S/C16H27N5O2S/c1-3-5-20-6-7-21(15-12-24(22,23)11-14(15)20)10-13-8-18-16(17-4-2)19-9-13/h8-9,14-15H,3-7,10-12H2,1-2H3,(H,17,18,19). The van der Waals surface area contributed by atoms with Crippen molar-refractivity contribution in [3.63, 3.8) is 0 Å². The van der Waals surface area contributed by atoms with Crippen molar-refractivity contribution in [2.75, 3.05) is 43.0 Å². The third kappa shape index (κ3) is 3.87. The molecule has 0 aromatic carbocycles. The van der Waals surface area contributed by atoms with Crippen LogP contribution in [0, 0.1) is 0 Å². The van der Waals surface area contributed by atoms with E-state index in [4.69, 9.17) is 0 Å². The second kappa shape index (κ2) is 7.33. The zero-order valence-electron chi connectivity index (χ0n) is 14.5. The molecule has 2 atom stereocenters. The van der Waals surface area contributed by atoms with E-state index in [1.807, 2.05) is 19.3 Å². The maximum absolute atomic E-state index is 12.2. The largest absolute Gasteiger partial charge is 0.355 e. The SMILES string of the molecule is CCCN1CCN(Cc2cnc(NCC)nc2)C2CS(=O)(=O)CC21. The number of nitrogens with one attached hydrogen (secondary N) is 1. The maximum Gasteiger partial charge on any atom is 0.222 e. The predicted octanol–water partition coefficient (Wildman–Crippen LogP) is 0.602. The summed E-state index contributed by atoms with van der Waals surface area (Å²) in [5, 5.41) is 3.08. The second-order valence-electron chi connectivity index (χ2n) is 6.66. The molecule has 2 fully saturated rings. The molecular formula is C16H27N5O2S. The molecule has 134 valence electrons. The lowest BCUT2D eigenvalue weighted by Crippen LogP contribution is -2.58. The fourth-order valence-electron chi connectivity index (χ4n) is 3.78. The van der Waals surface area contributed by atoms with Gasteiger partial charge in [-0.15, -0.1) is 0 Å². The van der Waals surface area contributed by atoms with Crippen molar-refractivity contribution in [3.05, 3.63) is 18.0 Å². The van der Waals surface area contributed by atoms with Gasteiger partial charge in [0.25, 0.3) is 0 Å². The highest BCUT2D eigenvalue weighted by Gasteiger charge is 2.46. The summed E-state index contributed by atoms with van der Waals surface area (Å²) in [7, 11) is -2.94. The van der Waals surface area contributed by atoms with E-state index in [1.54, 1.807) is 0 Å². The van der Waals surface area contributed by atoms with Gasteiger partial charge in [0.2, 0.25) is 5.95 Å². The van der Waals surface area contributed by atoms with Crippen LogP contribution >= 0.6 is 0 Å². The summed E-state index contributed by atoms with van der Waals surface area (Å²) >= 11 is 0. The van der Waals surface area contributed by atoms with E-state index < -0.39 is 9.84 Å². The Bertz CT molecular complexity index is 649. The third-order valence-corrected chi connectivity index (χ3v) is 6.54. The lowest BCUT2D eigenvalue weighted by molar-refractivity contribution is 0.0404. The van der Waals surface area contributed by atoms with Crippen LogP contribution in [0.5, 0.6) is 0 Å². The summed E-state index contributed by atoms with van der Waals surface area (Å²) in [6, 6.07) is 0.217. The Morgan fingerprint density at radius 2 is 1.75 bits per heavy atom. The number of rotatable bonds is 6. The Labute approximate surface area is 144 Å². The van der Waals surface area contributed by atoms with Crippen LogP contribution in [-0.4, -0.2) is 78.0 Å². The first-order chi connectivity index (χ1) is 11.5. The van der Waals surface area contributed by atoms with E-state index in [-0.39, 0.29) is 17.8 Å². The zero-order chi connectivity index (χ0) is 17.2. The molecule has 2 saturated heterocycles. The van der Waals surface area contributed by atoms with E-state index in [1.165, 1.54) is 0 Å². The molecule has 0 spiro atoms. The minimum absolute atomic E-state index is 0.0868. The Kier molecular flexibility index (Phi) is 5.36. The van der Waals surface area contributed by atoms with Gasteiger partial charge >= 0.3 is 0 Å². The van der Waals surface area contributed by atoms with Crippen molar-refractivity contribution < 1.29 is 8.42 Å². The van der Waals surface area contributed by atoms with E-state index in [9.17, 15) is 8.42 Å². The molecule has 8 heteroatoms. The van der Waals surface area contributed by atoms with Gasteiger partial charge in [-0.1, -0.05) is 6.92 Å². The van der Waals surface area contributed by atoms with Gasteiger partial charge < -0.3 is 5.32 Å². The molecule has 2 aliphatic rings. The van der Waals surface area contributed by atoms with Crippen molar-refractivity contribution in [1.82, 2.24) is 19.8 Å². The van der Waals surface area contributed by atoms with Gasteiger partial charge in [-0.05, 0) is 19.9 Å². The minimum Gasteiger partial charge on any atom is -0.355 e. The molecule has 3 heterocycles. The molecule has 0 aliphatic carbocycles. The minimum atomic E-state index is -2.94. The molecular weight excluding hydrogens is 326 g/mol. The molecule has 0 bridgehead atoms. The topological polar surface area (TPSA) is 78.4 Å². The van der Waals surface area contributed by atoms with Gasteiger partial charge in [-0.2, -0.15) is 0 Å². The highest BCUT2D eigenvalue weighted by atomic mass is 32.2.